The van der Waals surface area contributed by atoms with Gasteiger partial charge in [-0.15, -0.1) is 0 Å². The van der Waals surface area contributed by atoms with Crippen LogP contribution in [0.1, 0.15) is 15.9 Å². The van der Waals surface area contributed by atoms with Crippen molar-refractivity contribution in [2.45, 2.75) is 0 Å². The molecule has 18 heavy (non-hydrogen) atoms. The highest BCUT2D eigenvalue weighted by molar-refractivity contribution is 6.31. The van der Waals surface area contributed by atoms with E-state index in [0.29, 0.717) is 11.3 Å². The Bertz CT molecular complexity index is 576. The molecule has 0 aliphatic rings. The summed E-state index contributed by atoms with van der Waals surface area (Å²) < 4.78 is 18.2. The second kappa shape index (κ2) is 5.19. The summed E-state index contributed by atoms with van der Waals surface area (Å²) >= 11 is 5.72. The number of rotatable bonds is 3. The number of benzene rings is 2. The third-order valence-electron chi connectivity index (χ3n) is 2.46. The van der Waals surface area contributed by atoms with E-state index in [1.165, 1.54) is 13.2 Å². The summed E-state index contributed by atoms with van der Waals surface area (Å²) in [6.45, 7) is 0. The zero-order valence-corrected chi connectivity index (χ0v) is 10.4. The fourth-order valence-corrected chi connectivity index (χ4v) is 1.84. The molecule has 0 aliphatic carbocycles. The van der Waals surface area contributed by atoms with Gasteiger partial charge in [-0.2, -0.15) is 0 Å². The van der Waals surface area contributed by atoms with Gasteiger partial charge in [-0.05, 0) is 30.3 Å². The lowest BCUT2D eigenvalue weighted by molar-refractivity contribution is 0.103. The van der Waals surface area contributed by atoms with Crippen LogP contribution in [0, 0.1) is 5.82 Å². The molecule has 0 aliphatic heterocycles. The van der Waals surface area contributed by atoms with Crippen molar-refractivity contribution < 1.29 is 13.9 Å². The van der Waals surface area contributed by atoms with Crippen LogP contribution in [0.15, 0.2) is 42.5 Å². The molecular weight excluding hydrogens is 255 g/mol. The summed E-state index contributed by atoms with van der Waals surface area (Å²) in [5.41, 5.74) is 0.643. The molecule has 0 fully saturated rings. The predicted octanol–water partition coefficient (Wildman–Crippen LogP) is 3.72. The minimum absolute atomic E-state index is 0.196. The van der Waals surface area contributed by atoms with Gasteiger partial charge in [-0.3, -0.25) is 4.79 Å². The number of ether oxygens (including phenoxy) is 1. The SMILES string of the molecule is COc1cccc(C(=O)c2cc(F)cc(Cl)c2)c1. The summed E-state index contributed by atoms with van der Waals surface area (Å²) in [4.78, 5) is 12.1. The van der Waals surface area contributed by atoms with Crippen LogP contribution in [-0.4, -0.2) is 12.9 Å². The van der Waals surface area contributed by atoms with E-state index in [2.05, 4.69) is 0 Å². The van der Waals surface area contributed by atoms with Crippen molar-refractivity contribution in [3.8, 4) is 5.75 Å². The van der Waals surface area contributed by atoms with E-state index in [9.17, 15) is 9.18 Å². The number of methoxy groups -OCH3 is 1. The van der Waals surface area contributed by atoms with E-state index in [1.807, 2.05) is 0 Å². The lowest BCUT2D eigenvalue weighted by atomic mass is 10.0. The van der Waals surface area contributed by atoms with Gasteiger partial charge in [0.05, 0.1) is 7.11 Å². The highest BCUT2D eigenvalue weighted by Crippen LogP contribution is 2.19. The number of carbonyl (C=O) groups excluding carboxylic acids is 1. The number of halogens is 2. The average Bonchev–Trinajstić information content (AvgIpc) is 2.37. The third-order valence-corrected chi connectivity index (χ3v) is 2.67. The lowest BCUT2D eigenvalue weighted by Crippen LogP contribution is -2.02. The molecule has 2 rings (SSSR count). The van der Waals surface area contributed by atoms with Gasteiger partial charge in [-0.1, -0.05) is 23.7 Å². The van der Waals surface area contributed by atoms with E-state index in [4.69, 9.17) is 16.3 Å². The van der Waals surface area contributed by atoms with Crippen molar-refractivity contribution in [2.75, 3.05) is 7.11 Å². The van der Waals surface area contributed by atoms with Crippen LogP contribution in [-0.2, 0) is 0 Å². The normalized spacial score (nSPS) is 10.2. The van der Waals surface area contributed by atoms with Crippen LogP contribution in [0.2, 0.25) is 5.02 Å². The van der Waals surface area contributed by atoms with E-state index in [0.717, 1.165) is 12.1 Å². The molecule has 0 saturated heterocycles. The maximum absolute atomic E-state index is 13.2. The summed E-state index contributed by atoms with van der Waals surface area (Å²) in [6.07, 6.45) is 0. The Hall–Kier alpha value is -1.87. The smallest absolute Gasteiger partial charge is 0.193 e. The zero-order chi connectivity index (χ0) is 13.1. The molecule has 0 bridgehead atoms. The summed E-state index contributed by atoms with van der Waals surface area (Å²) in [7, 11) is 1.52. The fourth-order valence-electron chi connectivity index (χ4n) is 1.62. The first-order chi connectivity index (χ1) is 8.60. The number of ketones is 1. The van der Waals surface area contributed by atoms with Crippen molar-refractivity contribution in [3.63, 3.8) is 0 Å². The molecule has 4 heteroatoms. The minimum atomic E-state index is -0.534. The third kappa shape index (κ3) is 2.68. The van der Waals surface area contributed by atoms with Gasteiger partial charge in [0.25, 0.3) is 0 Å². The van der Waals surface area contributed by atoms with Crippen molar-refractivity contribution in [2.24, 2.45) is 0 Å². The van der Waals surface area contributed by atoms with E-state index >= 15 is 0 Å². The second-order valence-corrected chi connectivity index (χ2v) is 4.16. The van der Waals surface area contributed by atoms with Gasteiger partial charge in [-0.25, -0.2) is 4.39 Å². The van der Waals surface area contributed by atoms with Crippen LogP contribution in [0.4, 0.5) is 4.39 Å². The second-order valence-electron chi connectivity index (χ2n) is 3.72. The topological polar surface area (TPSA) is 26.3 Å². The molecule has 0 radical (unpaired) electrons. The first kappa shape index (κ1) is 12.6. The Morgan fingerprint density at radius 2 is 1.94 bits per heavy atom. The fraction of sp³-hybridized carbons (Fsp3) is 0.0714. The molecule has 0 atom stereocenters. The monoisotopic (exact) mass is 264 g/mol. The van der Waals surface area contributed by atoms with Crippen molar-refractivity contribution in [1.29, 1.82) is 0 Å². The average molecular weight is 265 g/mol. The quantitative estimate of drug-likeness (QED) is 0.790. The van der Waals surface area contributed by atoms with Gasteiger partial charge in [0.15, 0.2) is 5.78 Å². The number of hydrogen-bond donors (Lipinski definition) is 0. The molecule has 0 unspecified atom stereocenters. The number of carbonyl (C=O) groups is 1. The first-order valence-corrected chi connectivity index (χ1v) is 5.63. The molecule has 0 aromatic heterocycles. The maximum atomic E-state index is 13.2. The Morgan fingerprint density at radius 3 is 2.61 bits per heavy atom. The van der Waals surface area contributed by atoms with Gasteiger partial charge in [0, 0.05) is 16.1 Å². The van der Waals surface area contributed by atoms with Crippen molar-refractivity contribution >= 4 is 17.4 Å². The van der Waals surface area contributed by atoms with Gasteiger partial charge in [0.2, 0.25) is 0 Å². The Labute approximate surface area is 109 Å². The van der Waals surface area contributed by atoms with Gasteiger partial charge in [0.1, 0.15) is 11.6 Å². The van der Waals surface area contributed by atoms with Crippen LogP contribution < -0.4 is 4.74 Å². The Morgan fingerprint density at radius 1 is 1.17 bits per heavy atom. The summed E-state index contributed by atoms with van der Waals surface area (Å²) in [5.74, 6) is -0.257. The standard InChI is InChI=1S/C14H10ClFO2/c1-18-13-4-2-3-9(7-13)14(17)10-5-11(15)8-12(16)6-10/h2-8H,1H3. The number of hydrogen-bond acceptors (Lipinski definition) is 2. The van der Waals surface area contributed by atoms with Crippen molar-refractivity contribution in [1.82, 2.24) is 0 Å². The van der Waals surface area contributed by atoms with E-state index in [1.54, 1.807) is 24.3 Å². The molecule has 0 N–H and O–H groups in total. The molecule has 0 amide bonds. The molecule has 92 valence electrons. The Kier molecular flexibility index (Phi) is 3.63. The van der Waals surface area contributed by atoms with Crippen LogP contribution in [0.25, 0.3) is 0 Å². The summed E-state index contributed by atoms with van der Waals surface area (Å²) in [5, 5.41) is 0.196. The van der Waals surface area contributed by atoms with Gasteiger partial charge < -0.3 is 4.74 Å². The zero-order valence-electron chi connectivity index (χ0n) is 9.61. The Balaban J connectivity index is 2.41. The van der Waals surface area contributed by atoms with E-state index < -0.39 is 5.82 Å². The van der Waals surface area contributed by atoms with Gasteiger partial charge >= 0.3 is 0 Å². The molecule has 0 saturated carbocycles. The van der Waals surface area contributed by atoms with Crippen LogP contribution >= 0.6 is 11.6 Å². The molecular formula is C14H10ClFO2. The van der Waals surface area contributed by atoms with Crippen LogP contribution in [0.5, 0.6) is 5.75 Å². The summed E-state index contributed by atoms with van der Waals surface area (Å²) in [6, 6.07) is 10.4. The molecule has 2 aromatic rings. The lowest BCUT2D eigenvalue weighted by Gasteiger charge is -2.04. The molecule has 2 aromatic carbocycles. The highest BCUT2D eigenvalue weighted by Gasteiger charge is 2.11. The minimum Gasteiger partial charge on any atom is -0.497 e. The molecule has 2 nitrogen and oxygen atoms in total. The maximum Gasteiger partial charge on any atom is 0.193 e. The van der Waals surface area contributed by atoms with E-state index in [-0.39, 0.29) is 16.4 Å². The predicted molar refractivity (Wildman–Crippen MR) is 67.8 cm³/mol. The van der Waals surface area contributed by atoms with Crippen LogP contribution in [0.3, 0.4) is 0 Å². The largest absolute Gasteiger partial charge is 0.497 e. The molecule has 0 spiro atoms. The first-order valence-electron chi connectivity index (χ1n) is 5.25. The van der Waals surface area contributed by atoms with Crippen molar-refractivity contribution in [3.05, 3.63) is 64.4 Å². The molecule has 0 heterocycles. The highest BCUT2D eigenvalue weighted by atomic mass is 35.5.